The summed E-state index contributed by atoms with van der Waals surface area (Å²) in [5, 5.41) is 8.87. The van der Waals surface area contributed by atoms with Crippen molar-refractivity contribution < 1.29 is 14.2 Å². The van der Waals surface area contributed by atoms with Crippen LogP contribution in [0.1, 0.15) is 24.1 Å². The molecule has 3 N–H and O–H groups in total. The van der Waals surface area contributed by atoms with Crippen LogP contribution in [0, 0.1) is 5.82 Å². The number of rotatable bonds is 5. The molecule has 0 aromatic heterocycles. The number of aliphatic hydroxyl groups is 1. The largest absolute Gasteiger partial charge is 0.457 e. The fourth-order valence-corrected chi connectivity index (χ4v) is 2.03. The Labute approximate surface area is 117 Å². The van der Waals surface area contributed by atoms with Crippen molar-refractivity contribution in [1.82, 2.24) is 0 Å². The summed E-state index contributed by atoms with van der Waals surface area (Å²) >= 11 is 0. The van der Waals surface area contributed by atoms with Crippen LogP contribution < -0.4 is 10.5 Å². The van der Waals surface area contributed by atoms with Crippen LogP contribution in [0.2, 0.25) is 0 Å². The minimum absolute atomic E-state index is 0.110. The van der Waals surface area contributed by atoms with E-state index in [0.717, 1.165) is 5.56 Å². The smallest absolute Gasteiger partial charge is 0.135 e. The molecule has 0 saturated carbocycles. The predicted octanol–water partition coefficient (Wildman–Crippen LogP) is 3.17. The van der Waals surface area contributed by atoms with Crippen LogP contribution in [0.4, 0.5) is 4.39 Å². The molecule has 0 radical (unpaired) electrons. The SMILES string of the molecule is C[C@H](N)c1c(F)cccc1Oc1ccc(CCO)cc1. The quantitative estimate of drug-likeness (QED) is 0.881. The molecule has 0 unspecified atom stereocenters. The zero-order valence-corrected chi connectivity index (χ0v) is 11.3. The first kappa shape index (κ1) is 14.5. The van der Waals surface area contributed by atoms with Crippen molar-refractivity contribution in [2.45, 2.75) is 19.4 Å². The summed E-state index contributed by atoms with van der Waals surface area (Å²) in [5.41, 5.74) is 7.17. The summed E-state index contributed by atoms with van der Waals surface area (Å²) in [6.45, 7) is 1.83. The Kier molecular flexibility index (Phi) is 4.71. The third-order valence-corrected chi connectivity index (χ3v) is 3.02. The van der Waals surface area contributed by atoms with Crippen LogP contribution >= 0.6 is 0 Å². The van der Waals surface area contributed by atoms with Gasteiger partial charge in [-0.2, -0.15) is 0 Å². The topological polar surface area (TPSA) is 55.5 Å². The maximum Gasteiger partial charge on any atom is 0.135 e. The molecule has 0 heterocycles. The highest BCUT2D eigenvalue weighted by Crippen LogP contribution is 2.30. The van der Waals surface area contributed by atoms with Gasteiger partial charge in [-0.05, 0) is 43.2 Å². The molecule has 2 aromatic rings. The summed E-state index contributed by atoms with van der Waals surface area (Å²) < 4.78 is 19.5. The van der Waals surface area contributed by atoms with Crippen LogP contribution in [0.25, 0.3) is 0 Å². The molecular formula is C16H18FNO2. The molecule has 106 valence electrons. The molecule has 0 spiro atoms. The predicted molar refractivity (Wildman–Crippen MR) is 76.3 cm³/mol. The molecule has 0 saturated heterocycles. The van der Waals surface area contributed by atoms with Crippen LogP contribution in [0.15, 0.2) is 42.5 Å². The molecule has 0 aliphatic heterocycles. The summed E-state index contributed by atoms with van der Waals surface area (Å²) in [4.78, 5) is 0. The molecule has 1 atom stereocenters. The number of hydrogen-bond acceptors (Lipinski definition) is 3. The van der Waals surface area contributed by atoms with Gasteiger partial charge >= 0.3 is 0 Å². The van der Waals surface area contributed by atoms with Crippen molar-refractivity contribution >= 4 is 0 Å². The van der Waals surface area contributed by atoms with Gasteiger partial charge in [0.2, 0.25) is 0 Å². The molecule has 4 heteroatoms. The van der Waals surface area contributed by atoms with Crippen molar-refractivity contribution in [3.05, 3.63) is 59.4 Å². The highest BCUT2D eigenvalue weighted by Gasteiger charge is 2.14. The lowest BCUT2D eigenvalue weighted by Gasteiger charge is -2.14. The van der Waals surface area contributed by atoms with E-state index in [9.17, 15) is 4.39 Å². The van der Waals surface area contributed by atoms with Gasteiger partial charge in [0, 0.05) is 18.2 Å². The van der Waals surface area contributed by atoms with Gasteiger partial charge in [-0.3, -0.25) is 0 Å². The Balaban J connectivity index is 2.23. The maximum atomic E-state index is 13.8. The van der Waals surface area contributed by atoms with E-state index in [2.05, 4.69) is 0 Å². The molecule has 2 rings (SSSR count). The van der Waals surface area contributed by atoms with Crippen molar-refractivity contribution in [2.24, 2.45) is 5.73 Å². The third kappa shape index (κ3) is 3.35. The van der Waals surface area contributed by atoms with Crippen molar-refractivity contribution in [1.29, 1.82) is 0 Å². The number of benzene rings is 2. The van der Waals surface area contributed by atoms with Crippen molar-refractivity contribution in [2.75, 3.05) is 6.61 Å². The van der Waals surface area contributed by atoms with Crippen molar-refractivity contribution in [3.8, 4) is 11.5 Å². The first-order chi connectivity index (χ1) is 9.61. The molecule has 0 aliphatic rings. The second kappa shape index (κ2) is 6.50. The molecule has 0 fully saturated rings. The van der Waals surface area contributed by atoms with E-state index in [1.54, 1.807) is 31.2 Å². The standard InChI is InChI=1S/C16H18FNO2/c1-11(18)16-14(17)3-2-4-15(16)20-13-7-5-12(6-8-13)9-10-19/h2-8,11,19H,9-10,18H2,1H3/t11-/m0/s1. The van der Waals surface area contributed by atoms with E-state index in [1.807, 2.05) is 12.1 Å². The zero-order chi connectivity index (χ0) is 14.5. The fraction of sp³-hybridized carbons (Fsp3) is 0.250. The molecule has 3 nitrogen and oxygen atoms in total. The first-order valence-corrected chi connectivity index (χ1v) is 6.53. The lowest BCUT2D eigenvalue weighted by atomic mass is 10.1. The second-order valence-corrected chi connectivity index (χ2v) is 4.66. The minimum Gasteiger partial charge on any atom is -0.457 e. The van der Waals surface area contributed by atoms with E-state index in [0.29, 0.717) is 23.5 Å². The molecule has 2 aromatic carbocycles. The van der Waals surface area contributed by atoms with Gasteiger partial charge < -0.3 is 15.6 Å². The Morgan fingerprint density at radius 1 is 1.20 bits per heavy atom. The second-order valence-electron chi connectivity index (χ2n) is 4.66. The monoisotopic (exact) mass is 275 g/mol. The van der Waals surface area contributed by atoms with Crippen LogP contribution in [-0.2, 0) is 6.42 Å². The molecular weight excluding hydrogens is 257 g/mol. The Morgan fingerprint density at radius 2 is 1.90 bits per heavy atom. The van der Waals surface area contributed by atoms with E-state index < -0.39 is 6.04 Å². The Bertz CT molecular complexity index is 567. The van der Waals surface area contributed by atoms with Gasteiger partial charge in [0.25, 0.3) is 0 Å². The van der Waals surface area contributed by atoms with Crippen LogP contribution in [0.5, 0.6) is 11.5 Å². The average Bonchev–Trinajstić information content (AvgIpc) is 2.41. The van der Waals surface area contributed by atoms with Gasteiger partial charge in [-0.25, -0.2) is 4.39 Å². The number of aliphatic hydroxyl groups excluding tert-OH is 1. The molecule has 0 amide bonds. The minimum atomic E-state index is -0.445. The van der Waals surface area contributed by atoms with Gasteiger partial charge in [-0.1, -0.05) is 18.2 Å². The van der Waals surface area contributed by atoms with Crippen molar-refractivity contribution in [3.63, 3.8) is 0 Å². The highest BCUT2D eigenvalue weighted by atomic mass is 19.1. The number of nitrogens with two attached hydrogens (primary N) is 1. The van der Waals surface area contributed by atoms with E-state index in [4.69, 9.17) is 15.6 Å². The third-order valence-electron chi connectivity index (χ3n) is 3.02. The summed E-state index contributed by atoms with van der Waals surface area (Å²) in [5.74, 6) is 0.670. The highest BCUT2D eigenvalue weighted by molar-refractivity contribution is 5.40. The van der Waals surface area contributed by atoms with Crippen LogP contribution in [-0.4, -0.2) is 11.7 Å². The average molecular weight is 275 g/mol. The lowest BCUT2D eigenvalue weighted by Crippen LogP contribution is -2.09. The summed E-state index contributed by atoms with van der Waals surface area (Å²) in [6, 6.07) is 11.5. The molecule has 20 heavy (non-hydrogen) atoms. The van der Waals surface area contributed by atoms with E-state index >= 15 is 0 Å². The van der Waals surface area contributed by atoms with Gasteiger partial charge in [0.05, 0.1) is 0 Å². The zero-order valence-electron chi connectivity index (χ0n) is 11.3. The normalized spacial score (nSPS) is 12.2. The summed E-state index contributed by atoms with van der Waals surface area (Å²) in [6.07, 6.45) is 0.603. The first-order valence-electron chi connectivity index (χ1n) is 6.53. The number of halogens is 1. The molecule has 0 bridgehead atoms. The maximum absolute atomic E-state index is 13.8. The fourth-order valence-electron chi connectivity index (χ4n) is 2.03. The Morgan fingerprint density at radius 3 is 2.50 bits per heavy atom. The lowest BCUT2D eigenvalue weighted by molar-refractivity contribution is 0.299. The van der Waals surface area contributed by atoms with Crippen LogP contribution in [0.3, 0.4) is 0 Å². The summed E-state index contributed by atoms with van der Waals surface area (Å²) in [7, 11) is 0. The molecule has 0 aliphatic carbocycles. The Hall–Kier alpha value is -1.91. The van der Waals surface area contributed by atoms with E-state index in [-0.39, 0.29) is 12.4 Å². The van der Waals surface area contributed by atoms with E-state index in [1.165, 1.54) is 6.07 Å². The van der Waals surface area contributed by atoms with Gasteiger partial charge in [-0.15, -0.1) is 0 Å². The number of hydrogen-bond donors (Lipinski definition) is 2. The van der Waals surface area contributed by atoms with Gasteiger partial charge in [0.15, 0.2) is 0 Å². The number of ether oxygens (including phenoxy) is 1. The van der Waals surface area contributed by atoms with Gasteiger partial charge in [0.1, 0.15) is 17.3 Å².